The number of nitrogens with zero attached hydrogens (tertiary/aromatic N) is 1. The number of nitro benzene ring substituents is 1. The number of carbonyl (C=O) groups excluding carboxylic acids is 1. The molecule has 18 heavy (non-hydrogen) atoms. The molecular weight excluding hydrogens is 232 g/mol. The molecule has 0 saturated heterocycles. The molecule has 0 saturated carbocycles. The molecule has 0 aliphatic heterocycles. The summed E-state index contributed by atoms with van der Waals surface area (Å²) >= 11 is 0. The molecule has 1 amide bonds. The Labute approximate surface area is 106 Å². The fraction of sp³-hybridized carbons (Fsp3) is 0.462. The normalized spacial score (nSPS) is 11.9. The quantitative estimate of drug-likeness (QED) is 0.643. The summed E-state index contributed by atoms with van der Waals surface area (Å²) in [7, 11) is 0. The first-order valence-electron chi connectivity index (χ1n) is 6.01. The van der Waals surface area contributed by atoms with Crippen LogP contribution in [0.3, 0.4) is 0 Å². The molecule has 0 bridgehead atoms. The SMILES string of the molecule is CCCC(C)C(=O)Nc1ccc([N+](=O)[O-])cc1C. The minimum absolute atomic E-state index is 0.0344. The molecule has 0 radical (unpaired) electrons. The maximum Gasteiger partial charge on any atom is 0.269 e. The summed E-state index contributed by atoms with van der Waals surface area (Å²) in [6.07, 6.45) is 1.78. The zero-order valence-electron chi connectivity index (χ0n) is 10.9. The molecule has 0 heterocycles. The van der Waals surface area contributed by atoms with Crippen LogP contribution in [-0.4, -0.2) is 10.8 Å². The fourth-order valence-electron chi connectivity index (χ4n) is 1.72. The van der Waals surface area contributed by atoms with Crippen molar-refractivity contribution in [3.8, 4) is 0 Å². The first kappa shape index (κ1) is 14.2. The molecule has 0 fully saturated rings. The predicted octanol–water partition coefficient (Wildman–Crippen LogP) is 3.28. The maximum atomic E-state index is 11.8. The molecule has 98 valence electrons. The number of aryl methyl sites for hydroxylation is 1. The third-order valence-corrected chi connectivity index (χ3v) is 2.85. The fourth-order valence-corrected chi connectivity index (χ4v) is 1.72. The van der Waals surface area contributed by atoms with E-state index in [9.17, 15) is 14.9 Å². The van der Waals surface area contributed by atoms with Gasteiger partial charge in [0.2, 0.25) is 5.91 Å². The van der Waals surface area contributed by atoms with Gasteiger partial charge in [-0.1, -0.05) is 20.3 Å². The van der Waals surface area contributed by atoms with E-state index in [0.717, 1.165) is 12.8 Å². The topological polar surface area (TPSA) is 72.2 Å². The first-order chi connectivity index (χ1) is 8.45. The summed E-state index contributed by atoms with van der Waals surface area (Å²) in [5.74, 6) is -0.0987. The zero-order valence-corrected chi connectivity index (χ0v) is 10.9. The molecule has 5 nitrogen and oxygen atoms in total. The Bertz CT molecular complexity index is 458. The molecule has 1 unspecified atom stereocenters. The Morgan fingerprint density at radius 1 is 1.50 bits per heavy atom. The van der Waals surface area contributed by atoms with Gasteiger partial charge >= 0.3 is 0 Å². The van der Waals surface area contributed by atoms with Crippen LogP contribution in [0.5, 0.6) is 0 Å². The molecule has 5 heteroatoms. The molecule has 0 spiro atoms. The second kappa shape index (κ2) is 6.14. The molecule has 1 aromatic carbocycles. The van der Waals surface area contributed by atoms with Gasteiger partial charge in [-0.25, -0.2) is 0 Å². The number of hydrogen-bond acceptors (Lipinski definition) is 3. The van der Waals surface area contributed by atoms with Crippen molar-refractivity contribution in [3.05, 3.63) is 33.9 Å². The molecule has 0 aliphatic rings. The number of amides is 1. The van der Waals surface area contributed by atoms with Crippen LogP contribution in [0.4, 0.5) is 11.4 Å². The van der Waals surface area contributed by atoms with Gasteiger partial charge in [0, 0.05) is 23.7 Å². The van der Waals surface area contributed by atoms with Gasteiger partial charge in [-0.3, -0.25) is 14.9 Å². The Kier molecular flexibility index (Phi) is 4.83. The number of hydrogen-bond donors (Lipinski definition) is 1. The van der Waals surface area contributed by atoms with Crippen LogP contribution in [0, 0.1) is 23.0 Å². The highest BCUT2D eigenvalue weighted by atomic mass is 16.6. The summed E-state index contributed by atoms with van der Waals surface area (Å²) in [5, 5.41) is 13.4. The van der Waals surface area contributed by atoms with Gasteiger partial charge < -0.3 is 5.32 Å². The van der Waals surface area contributed by atoms with Crippen LogP contribution in [0.25, 0.3) is 0 Å². The smallest absolute Gasteiger partial charge is 0.269 e. The van der Waals surface area contributed by atoms with E-state index in [4.69, 9.17) is 0 Å². The largest absolute Gasteiger partial charge is 0.326 e. The van der Waals surface area contributed by atoms with E-state index in [1.165, 1.54) is 12.1 Å². The number of anilines is 1. The van der Waals surface area contributed by atoms with Crippen molar-refractivity contribution in [1.29, 1.82) is 0 Å². The van der Waals surface area contributed by atoms with Gasteiger partial charge in [-0.2, -0.15) is 0 Å². The summed E-state index contributed by atoms with van der Waals surface area (Å²) in [6.45, 7) is 5.65. The van der Waals surface area contributed by atoms with Crippen molar-refractivity contribution in [2.24, 2.45) is 5.92 Å². The Morgan fingerprint density at radius 2 is 2.17 bits per heavy atom. The van der Waals surface area contributed by atoms with Crippen molar-refractivity contribution in [2.45, 2.75) is 33.6 Å². The first-order valence-corrected chi connectivity index (χ1v) is 6.01. The molecular formula is C13H18N2O3. The monoisotopic (exact) mass is 250 g/mol. The number of benzene rings is 1. The van der Waals surface area contributed by atoms with Crippen LogP contribution in [0.1, 0.15) is 32.3 Å². The van der Waals surface area contributed by atoms with Crippen molar-refractivity contribution in [1.82, 2.24) is 0 Å². The van der Waals surface area contributed by atoms with E-state index in [1.807, 2.05) is 13.8 Å². The van der Waals surface area contributed by atoms with E-state index < -0.39 is 4.92 Å². The third-order valence-electron chi connectivity index (χ3n) is 2.85. The summed E-state index contributed by atoms with van der Waals surface area (Å²) in [4.78, 5) is 22.0. The average molecular weight is 250 g/mol. The van der Waals surface area contributed by atoms with E-state index in [-0.39, 0.29) is 17.5 Å². The Balaban J connectivity index is 2.79. The van der Waals surface area contributed by atoms with Crippen LogP contribution in [0.15, 0.2) is 18.2 Å². The number of nitrogens with one attached hydrogen (secondary N) is 1. The van der Waals surface area contributed by atoms with Crippen LogP contribution < -0.4 is 5.32 Å². The molecule has 1 aromatic rings. The van der Waals surface area contributed by atoms with E-state index in [2.05, 4.69) is 5.32 Å². The molecule has 1 N–H and O–H groups in total. The number of non-ortho nitro benzene ring substituents is 1. The number of nitro groups is 1. The summed E-state index contributed by atoms with van der Waals surface area (Å²) in [6, 6.07) is 4.43. The van der Waals surface area contributed by atoms with Crippen molar-refractivity contribution < 1.29 is 9.72 Å². The predicted molar refractivity (Wildman–Crippen MR) is 70.5 cm³/mol. The zero-order chi connectivity index (χ0) is 13.7. The number of carbonyl (C=O) groups is 1. The highest BCUT2D eigenvalue weighted by molar-refractivity contribution is 5.93. The lowest BCUT2D eigenvalue weighted by molar-refractivity contribution is -0.384. The second-order valence-corrected chi connectivity index (χ2v) is 4.44. The van der Waals surface area contributed by atoms with Gasteiger partial charge in [0.15, 0.2) is 0 Å². The van der Waals surface area contributed by atoms with Gasteiger partial charge in [-0.05, 0) is 25.0 Å². The minimum atomic E-state index is -0.446. The van der Waals surface area contributed by atoms with Crippen molar-refractivity contribution >= 4 is 17.3 Å². The highest BCUT2D eigenvalue weighted by Gasteiger charge is 2.14. The van der Waals surface area contributed by atoms with Crippen LogP contribution >= 0.6 is 0 Å². The average Bonchev–Trinajstić information content (AvgIpc) is 2.31. The standard InChI is InChI=1S/C13H18N2O3/c1-4-5-9(2)13(16)14-12-7-6-11(15(17)18)8-10(12)3/h6-9H,4-5H2,1-3H3,(H,14,16). The summed E-state index contributed by atoms with van der Waals surface area (Å²) < 4.78 is 0. The lowest BCUT2D eigenvalue weighted by Gasteiger charge is -2.12. The third kappa shape index (κ3) is 3.55. The molecule has 1 atom stereocenters. The molecule has 1 rings (SSSR count). The van der Waals surface area contributed by atoms with Gasteiger partial charge in [0.05, 0.1) is 4.92 Å². The lowest BCUT2D eigenvalue weighted by atomic mass is 10.0. The van der Waals surface area contributed by atoms with Gasteiger partial charge in [0.1, 0.15) is 0 Å². The van der Waals surface area contributed by atoms with Crippen molar-refractivity contribution in [3.63, 3.8) is 0 Å². The highest BCUT2D eigenvalue weighted by Crippen LogP contribution is 2.22. The maximum absolute atomic E-state index is 11.8. The second-order valence-electron chi connectivity index (χ2n) is 4.44. The van der Waals surface area contributed by atoms with E-state index in [1.54, 1.807) is 13.0 Å². The molecule has 0 aliphatic carbocycles. The number of rotatable bonds is 5. The lowest BCUT2D eigenvalue weighted by Crippen LogP contribution is -2.20. The van der Waals surface area contributed by atoms with Gasteiger partial charge in [0.25, 0.3) is 5.69 Å². The van der Waals surface area contributed by atoms with E-state index in [0.29, 0.717) is 11.3 Å². The van der Waals surface area contributed by atoms with Gasteiger partial charge in [-0.15, -0.1) is 0 Å². The Morgan fingerprint density at radius 3 is 2.67 bits per heavy atom. The van der Waals surface area contributed by atoms with Crippen molar-refractivity contribution in [2.75, 3.05) is 5.32 Å². The minimum Gasteiger partial charge on any atom is -0.326 e. The van der Waals surface area contributed by atoms with E-state index >= 15 is 0 Å². The summed E-state index contributed by atoms with van der Waals surface area (Å²) in [5.41, 5.74) is 1.36. The van der Waals surface area contributed by atoms with Crippen LogP contribution in [-0.2, 0) is 4.79 Å². The Hall–Kier alpha value is -1.91. The van der Waals surface area contributed by atoms with Crippen LogP contribution in [0.2, 0.25) is 0 Å². The molecule has 0 aromatic heterocycles.